The smallest absolute Gasteiger partial charge is 0.410 e. The number of hydrogen-bond acceptors (Lipinski definition) is 5. The number of ether oxygens (including phenoxy) is 2. The molecule has 1 heterocycles. The zero-order valence-corrected chi connectivity index (χ0v) is 15.5. The number of aliphatic hydroxyl groups excluding tert-OH is 1. The summed E-state index contributed by atoms with van der Waals surface area (Å²) in [5, 5.41) is 13.2. The van der Waals surface area contributed by atoms with Gasteiger partial charge >= 0.3 is 6.09 Å². The summed E-state index contributed by atoms with van der Waals surface area (Å²) in [6, 6.07) is 0.178. The zero-order chi connectivity index (χ0) is 17.6. The van der Waals surface area contributed by atoms with Crippen LogP contribution < -0.4 is 5.32 Å². The number of rotatable bonds is 6. The average molecular weight is 330 g/mol. The number of nitrogens with one attached hydrogen (secondary N) is 1. The summed E-state index contributed by atoms with van der Waals surface area (Å²) in [4.78, 5) is 14.1. The Morgan fingerprint density at radius 2 is 2.04 bits per heavy atom. The summed E-state index contributed by atoms with van der Waals surface area (Å²) in [6.07, 6.45) is 0.131. The molecule has 1 saturated heterocycles. The number of amides is 1. The quantitative estimate of drug-likeness (QED) is 0.779. The number of carbonyl (C=O) groups excluding carboxylic acids is 1. The summed E-state index contributed by atoms with van der Waals surface area (Å²) >= 11 is 0. The van der Waals surface area contributed by atoms with Crippen LogP contribution in [0.1, 0.15) is 48.0 Å². The van der Waals surface area contributed by atoms with Gasteiger partial charge in [0.25, 0.3) is 0 Å². The minimum atomic E-state index is -0.495. The number of hydrogen-bond donors (Lipinski definition) is 2. The van der Waals surface area contributed by atoms with Crippen molar-refractivity contribution >= 4 is 6.09 Å². The van der Waals surface area contributed by atoms with Crippen LogP contribution in [0.3, 0.4) is 0 Å². The van der Waals surface area contributed by atoms with Crippen molar-refractivity contribution in [3.63, 3.8) is 0 Å². The first-order valence-electron chi connectivity index (χ1n) is 8.59. The van der Waals surface area contributed by atoms with Gasteiger partial charge in [0.2, 0.25) is 0 Å². The lowest BCUT2D eigenvalue weighted by molar-refractivity contribution is -0.0358. The van der Waals surface area contributed by atoms with Crippen LogP contribution in [-0.4, -0.2) is 66.2 Å². The second-order valence-corrected chi connectivity index (χ2v) is 7.76. The molecule has 0 spiro atoms. The standard InChI is InChI=1S/C17H34N2O4/c1-12(2)15(20)10-18-13(3)9-14-11-22-8-7-19(14)16(21)23-17(4,5)6/h12-15,18,20H,7-11H2,1-6H3. The number of aliphatic hydroxyl groups is 1. The molecule has 0 bridgehead atoms. The highest BCUT2D eigenvalue weighted by Gasteiger charge is 2.31. The molecule has 0 radical (unpaired) electrons. The maximum Gasteiger partial charge on any atom is 0.410 e. The summed E-state index contributed by atoms with van der Waals surface area (Å²) in [6.45, 7) is 13.9. The second-order valence-electron chi connectivity index (χ2n) is 7.76. The molecule has 23 heavy (non-hydrogen) atoms. The first-order chi connectivity index (χ1) is 10.6. The van der Waals surface area contributed by atoms with E-state index in [-0.39, 0.29) is 30.2 Å². The normalized spacial score (nSPS) is 22.1. The lowest BCUT2D eigenvalue weighted by atomic mass is 10.0. The maximum absolute atomic E-state index is 12.3. The Morgan fingerprint density at radius 1 is 1.39 bits per heavy atom. The first kappa shape index (κ1) is 20.2. The van der Waals surface area contributed by atoms with Crippen molar-refractivity contribution in [2.75, 3.05) is 26.3 Å². The van der Waals surface area contributed by atoms with Crippen LogP contribution >= 0.6 is 0 Å². The fourth-order valence-corrected chi connectivity index (χ4v) is 2.46. The third-order valence-electron chi connectivity index (χ3n) is 3.93. The van der Waals surface area contributed by atoms with Gasteiger partial charge in [0, 0.05) is 19.1 Å². The van der Waals surface area contributed by atoms with E-state index in [0.717, 1.165) is 6.42 Å². The SMILES string of the molecule is CC(CC1COCCN1C(=O)OC(C)(C)C)NCC(O)C(C)C. The van der Waals surface area contributed by atoms with Gasteiger partial charge in [-0.1, -0.05) is 13.8 Å². The largest absolute Gasteiger partial charge is 0.444 e. The zero-order valence-electron chi connectivity index (χ0n) is 15.5. The van der Waals surface area contributed by atoms with Crippen molar-refractivity contribution in [2.45, 2.75) is 71.8 Å². The molecule has 1 amide bonds. The van der Waals surface area contributed by atoms with E-state index in [1.54, 1.807) is 4.90 Å². The van der Waals surface area contributed by atoms with Gasteiger partial charge in [0.05, 0.1) is 25.4 Å². The molecule has 1 aliphatic heterocycles. The Kier molecular flexibility index (Phi) is 7.77. The molecule has 2 N–H and O–H groups in total. The highest BCUT2D eigenvalue weighted by atomic mass is 16.6. The number of nitrogens with zero attached hydrogens (tertiary/aromatic N) is 1. The fraction of sp³-hybridized carbons (Fsp3) is 0.941. The third kappa shape index (κ3) is 7.50. The van der Waals surface area contributed by atoms with Crippen LogP contribution in [0.2, 0.25) is 0 Å². The monoisotopic (exact) mass is 330 g/mol. The van der Waals surface area contributed by atoms with Crippen LogP contribution in [0.15, 0.2) is 0 Å². The van der Waals surface area contributed by atoms with Crippen LogP contribution in [0.25, 0.3) is 0 Å². The van der Waals surface area contributed by atoms with Crippen molar-refractivity contribution in [3.8, 4) is 0 Å². The molecular weight excluding hydrogens is 296 g/mol. The van der Waals surface area contributed by atoms with Gasteiger partial charge in [-0.25, -0.2) is 4.79 Å². The molecule has 0 aromatic rings. The van der Waals surface area contributed by atoms with Gasteiger partial charge in [0.1, 0.15) is 5.60 Å². The molecule has 0 aliphatic carbocycles. The van der Waals surface area contributed by atoms with Crippen molar-refractivity contribution in [1.29, 1.82) is 0 Å². The molecule has 0 aromatic carbocycles. The Morgan fingerprint density at radius 3 is 2.61 bits per heavy atom. The second kappa shape index (κ2) is 8.85. The van der Waals surface area contributed by atoms with Crippen LogP contribution in [0.4, 0.5) is 4.79 Å². The lowest BCUT2D eigenvalue weighted by Crippen LogP contribution is -2.52. The molecule has 0 saturated carbocycles. The number of morpholine rings is 1. The summed E-state index contributed by atoms with van der Waals surface area (Å²) < 4.78 is 11.0. The van der Waals surface area contributed by atoms with Gasteiger partial charge < -0.3 is 24.8 Å². The van der Waals surface area contributed by atoms with Gasteiger partial charge in [-0.3, -0.25) is 0 Å². The third-order valence-corrected chi connectivity index (χ3v) is 3.93. The Labute approximate surface area is 140 Å². The molecule has 3 unspecified atom stereocenters. The van der Waals surface area contributed by atoms with E-state index >= 15 is 0 Å². The van der Waals surface area contributed by atoms with Crippen LogP contribution in [-0.2, 0) is 9.47 Å². The van der Waals surface area contributed by atoms with Crippen molar-refractivity contribution in [3.05, 3.63) is 0 Å². The van der Waals surface area contributed by atoms with Crippen molar-refractivity contribution < 1.29 is 19.4 Å². The topological polar surface area (TPSA) is 71.0 Å². The van der Waals surface area contributed by atoms with Crippen molar-refractivity contribution in [2.24, 2.45) is 5.92 Å². The van der Waals surface area contributed by atoms with E-state index in [9.17, 15) is 9.90 Å². The molecule has 3 atom stereocenters. The number of carbonyl (C=O) groups is 1. The molecule has 1 rings (SSSR count). The fourth-order valence-electron chi connectivity index (χ4n) is 2.46. The predicted molar refractivity (Wildman–Crippen MR) is 90.5 cm³/mol. The van der Waals surface area contributed by atoms with E-state index in [0.29, 0.717) is 26.3 Å². The van der Waals surface area contributed by atoms with E-state index in [4.69, 9.17) is 9.47 Å². The van der Waals surface area contributed by atoms with Gasteiger partial charge in [-0.15, -0.1) is 0 Å². The van der Waals surface area contributed by atoms with Crippen molar-refractivity contribution in [1.82, 2.24) is 10.2 Å². The molecular formula is C17H34N2O4. The van der Waals surface area contributed by atoms with Gasteiger partial charge in [0.15, 0.2) is 0 Å². The van der Waals surface area contributed by atoms with Gasteiger partial charge in [-0.05, 0) is 40.0 Å². The predicted octanol–water partition coefficient (Wildman–Crippen LogP) is 2.01. The van der Waals surface area contributed by atoms with E-state index < -0.39 is 5.60 Å². The van der Waals surface area contributed by atoms with E-state index in [1.165, 1.54) is 0 Å². The molecule has 136 valence electrons. The molecule has 1 fully saturated rings. The van der Waals surface area contributed by atoms with Gasteiger partial charge in [-0.2, -0.15) is 0 Å². The van der Waals surface area contributed by atoms with E-state index in [1.807, 2.05) is 34.6 Å². The highest BCUT2D eigenvalue weighted by Crippen LogP contribution is 2.17. The summed E-state index contributed by atoms with van der Waals surface area (Å²) in [5.41, 5.74) is -0.495. The maximum atomic E-state index is 12.3. The molecule has 6 heteroatoms. The Bertz CT molecular complexity index is 368. The molecule has 0 aromatic heterocycles. The minimum absolute atomic E-state index is 0.00251. The first-order valence-corrected chi connectivity index (χ1v) is 8.59. The summed E-state index contributed by atoms with van der Waals surface area (Å²) in [7, 11) is 0. The lowest BCUT2D eigenvalue weighted by Gasteiger charge is -2.38. The van der Waals surface area contributed by atoms with Crippen LogP contribution in [0.5, 0.6) is 0 Å². The van der Waals surface area contributed by atoms with E-state index in [2.05, 4.69) is 12.2 Å². The molecule has 1 aliphatic rings. The molecule has 6 nitrogen and oxygen atoms in total. The van der Waals surface area contributed by atoms with Crippen LogP contribution in [0, 0.1) is 5.92 Å². The Hall–Kier alpha value is -0.850. The Balaban J connectivity index is 2.52. The highest BCUT2D eigenvalue weighted by molar-refractivity contribution is 5.68. The average Bonchev–Trinajstić information content (AvgIpc) is 2.43. The minimum Gasteiger partial charge on any atom is -0.444 e. The summed E-state index contributed by atoms with van der Waals surface area (Å²) in [5.74, 6) is 0.228.